The molecular weight excluding hydrogens is 298 g/mol. The Hall–Kier alpha value is -3.34. The van der Waals surface area contributed by atoms with Crippen molar-refractivity contribution in [3.05, 3.63) is 29.3 Å². The number of pyridine rings is 1. The van der Waals surface area contributed by atoms with E-state index in [-0.39, 0.29) is 34.7 Å². The molecule has 8 nitrogen and oxygen atoms in total. The third-order valence-electron chi connectivity index (χ3n) is 3.00. The fourth-order valence-corrected chi connectivity index (χ4v) is 2.01. The molecule has 0 aliphatic carbocycles. The summed E-state index contributed by atoms with van der Waals surface area (Å²) in [5.41, 5.74) is 13.0. The molecule has 0 atom stereocenters. The lowest BCUT2D eigenvalue weighted by atomic mass is 10.1. The van der Waals surface area contributed by atoms with E-state index in [0.717, 1.165) is 0 Å². The Bertz CT molecular complexity index is 858. The minimum absolute atomic E-state index is 0.0500. The van der Waals surface area contributed by atoms with Crippen LogP contribution in [0.3, 0.4) is 0 Å². The summed E-state index contributed by atoms with van der Waals surface area (Å²) in [4.78, 5) is 20.0. The zero-order valence-corrected chi connectivity index (χ0v) is 12.7. The fourth-order valence-electron chi connectivity index (χ4n) is 2.01. The van der Waals surface area contributed by atoms with Gasteiger partial charge in [-0.15, -0.1) is 0 Å². The monoisotopic (exact) mass is 313 g/mol. The predicted octanol–water partition coefficient (Wildman–Crippen LogP) is 1.46. The third-order valence-corrected chi connectivity index (χ3v) is 3.00. The molecule has 23 heavy (non-hydrogen) atoms. The van der Waals surface area contributed by atoms with E-state index < -0.39 is 5.97 Å². The molecule has 0 amide bonds. The number of ether oxygens (including phenoxy) is 1. The Balaban J connectivity index is 2.71. The maximum Gasteiger partial charge on any atom is 0.376 e. The Morgan fingerprint density at radius 2 is 2.35 bits per heavy atom. The van der Waals surface area contributed by atoms with Gasteiger partial charge in [-0.05, 0) is 6.92 Å². The molecule has 0 aliphatic rings. The first-order valence-corrected chi connectivity index (χ1v) is 6.72. The highest BCUT2D eigenvalue weighted by Gasteiger charge is 2.23. The summed E-state index contributed by atoms with van der Waals surface area (Å²) < 4.78 is 10.3. The van der Waals surface area contributed by atoms with Crippen LogP contribution in [0.4, 0.5) is 5.69 Å². The van der Waals surface area contributed by atoms with Crippen molar-refractivity contribution in [3.8, 4) is 6.07 Å². The highest BCUT2D eigenvalue weighted by atomic mass is 16.5. The normalized spacial score (nSPS) is 11.8. The average Bonchev–Trinajstić information content (AvgIpc) is 2.88. The van der Waals surface area contributed by atoms with Gasteiger partial charge in [0.1, 0.15) is 17.3 Å². The number of aliphatic imine (C=N–C) groups is 1. The number of nitrogens with zero attached hydrogens (tertiary/aromatic N) is 3. The molecule has 8 heteroatoms. The minimum Gasteiger partial charge on any atom is -0.460 e. The molecule has 0 bridgehead atoms. The number of nitrogens with two attached hydrogens (primary N) is 2. The van der Waals surface area contributed by atoms with Crippen molar-refractivity contribution in [1.82, 2.24) is 4.98 Å². The summed E-state index contributed by atoms with van der Waals surface area (Å²) in [6.07, 6.45) is 2.75. The van der Waals surface area contributed by atoms with Crippen molar-refractivity contribution < 1.29 is 13.9 Å². The Morgan fingerprint density at radius 3 is 2.91 bits per heavy atom. The molecule has 2 aromatic rings. The number of allylic oxidation sites excluding steroid dienone is 1. The molecule has 2 aromatic heterocycles. The molecule has 2 heterocycles. The van der Waals surface area contributed by atoms with Gasteiger partial charge in [0.15, 0.2) is 5.58 Å². The highest BCUT2D eigenvalue weighted by molar-refractivity contribution is 6.11. The standard InChI is InChI=1S/C15H15N5O3/c1-3-22-15(21)14-11(18)13-10(23-14)4-8(5-16)12(20-13)9(6-17)7-19-2/h4,6-7H,3,17-18H2,1-2H3/b9-6+,19-7?. The topological polar surface area (TPSA) is 141 Å². The molecule has 0 radical (unpaired) electrons. The van der Waals surface area contributed by atoms with Gasteiger partial charge in [0.25, 0.3) is 0 Å². The number of hydrogen-bond donors (Lipinski definition) is 2. The number of carbonyl (C=O) groups is 1. The van der Waals surface area contributed by atoms with E-state index in [1.165, 1.54) is 18.5 Å². The molecule has 0 spiro atoms. The van der Waals surface area contributed by atoms with Crippen LogP contribution >= 0.6 is 0 Å². The first-order valence-electron chi connectivity index (χ1n) is 6.72. The van der Waals surface area contributed by atoms with Gasteiger partial charge in [0.05, 0.1) is 17.9 Å². The van der Waals surface area contributed by atoms with Gasteiger partial charge in [-0.2, -0.15) is 5.26 Å². The van der Waals surface area contributed by atoms with Gasteiger partial charge in [-0.25, -0.2) is 9.78 Å². The van der Waals surface area contributed by atoms with Crippen LogP contribution in [0.1, 0.15) is 28.7 Å². The maximum atomic E-state index is 11.8. The van der Waals surface area contributed by atoms with Gasteiger partial charge in [-0.1, -0.05) is 0 Å². The largest absolute Gasteiger partial charge is 0.460 e. The Kier molecular flexibility index (Phi) is 4.61. The van der Waals surface area contributed by atoms with E-state index in [1.807, 2.05) is 6.07 Å². The molecule has 2 rings (SSSR count). The summed E-state index contributed by atoms with van der Waals surface area (Å²) >= 11 is 0. The highest BCUT2D eigenvalue weighted by Crippen LogP contribution is 2.30. The molecule has 0 aliphatic heterocycles. The number of furan rings is 1. The first kappa shape index (κ1) is 16.0. The van der Waals surface area contributed by atoms with Crippen LogP contribution in [0, 0.1) is 11.3 Å². The Labute approximate surface area is 132 Å². The van der Waals surface area contributed by atoms with Crippen LogP contribution < -0.4 is 11.5 Å². The van der Waals surface area contributed by atoms with Crippen LogP contribution in [-0.2, 0) is 4.74 Å². The molecular formula is C15H15N5O3. The van der Waals surface area contributed by atoms with Crippen LogP contribution in [0.2, 0.25) is 0 Å². The molecule has 0 unspecified atom stereocenters. The summed E-state index contributed by atoms with van der Waals surface area (Å²) in [7, 11) is 1.57. The number of aromatic nitrogens is 1. The smallest absolute Gasteiger partial charge is 0.376 e. The molecule has 118 valence electrons. The number of esters is 1. The van der Waals surface area contributed by atoms with Crippen molar-refractivity contribution in [2.45, 2.75) is 6.92 Å². The second-order valence-electron chi connectivity index (χ2n) is 4.42. The molecule has 0 fully saturated rings. The lowest BCUT2D eigenvalue weighted by molar-refractivity contribution is 0.0494. The quantitative estimate of drug-likeness (QED) is 0.642. The number of hydrogen-bond acceptors (Lipinski definition) is 8. The number of rotatable bonds is 4. The lowest BCUT2D eigenvalue weighted by Crippen LogP contribution is -2.06. The second-order valence-corrected chi connectivity index (χ2v) is 4.42. The Morgan fingerprint density at radius 1 is 1.61 bits per heavy atom. The SMILES string of the molecule is CCOC(=O)c1oc2cc(C#N)c(/C(C=NC)=C/N)nc2c1N. The van der Waals surface area contributed by atoms with E-state index in [4.69, 9.17) is 20.6 Å². The van der Waals surface area contributed by atoms with E-state index in [1.54, 1.807) is 14.0 Å². The fraction of sp³-hybridized carbons (Fsp3) is 0.200. The van der Waals surface area contributed by atoms with Crippen LogP contribution in [0.25, 0.3) is 16.7 Å². The van der Waals surface area contributed by atoms with Gasteiger partial charge < -0.3 is 20.6 Å². The number of anilines is 1. The van der Waals surface area contributed by atoms with Gasteiger partial charge in [0.2, 0.25) is 5.76 Å². The number of nitriles is 1. The second kappa shape index (κ2) is 6.62. The molecule has 0 saturated heterocycles. The zero-order chi connectivity index (χ0) is 17.0. The molecule has 4 N–H and O–H groups in total. The number of nitrogen functional groups attached to an aromatic ring is 1. The number of carbonyl (C=O) groups excluding carboxylic acids is 1. The van der Waals surface area contributed by atoms with E-state index >= 15 is 0 Å². The van der Waals surface area contributed by atoms with Gasteiger partial charge in [-0.3, -0.25) is 4.99 Å². The average molecular weight is 313 g/mol. The van der Waals surface area contributed by atoms with Crippen molar-refractivity contribution in [2.75, 3.05) is 19.4 Å². The third kappa shape index (κ3) is 2.85. The molecule has 0 saturated carbocycles. The van der Waals surface area contributed by atoms with E-state index in [0.29, 0.717) is 11.3 Å². The zero-order valence-electron chi connectivity index (χ0n) is 12.7. The van der Waals surface area contributed by atoms with Crippen molar-refractivity contribution >= 4 is 34.5 Å². The van der Waals surface area contributed by atoms with E-state index in [2.05, 4.69) is 9.98 Å². The summed E-state index contributed by atoms with van der Waals surface area (Å²) in [5, 5.41) is 9.29. The molecule has 0 aromatic carbocycles. The van der Waals surface area contributed by atoms with Gasteiger partial charge >= 0.3 is 5.97 Å². The maximum absolute atomic E-state index is 11.8. The van der Waals surface area contributed by atoms with Crippen molar-refractivity contribution in [3.63, 3.8) is 0 Å². The van der Waals surface area contributed by atoms with Crippen molar-refractivity contribution in [2.24, 2.45) is 10.7 Å². The van der Waals surface area contributed by atoms with Crippen LogP contribution in [0.5, 0.6) is 0 Å². The summed E-state index contributed by atoms with van der Waals surface area (Å²) in [6, 6.07) is 3.45. The summed E-state index contributed by atoms with van der Waals surface area (Å²) in [6.45, 7) is 1.85. The summed E-state index contributed by atoms with van der Waals surface area (Å²) in [5.74, 6) is -0.828. The van der Waals surface area contributed by atoms with Gasteiger partial charge in [0, 0.05) is 31.1 Å². The van der Waals surface area contributed by atoms with Crippen LogP contribution in [-0.4, -0.2) is 30.8 Å². The van der Waals surface area contributed by atoms with Crippen molar-refractivity contribution in [1.29, 1.82) is 5.26 Å². The predicted molar refractivity (Wildman–Crippen MR) is 85.7 cm³/mol. The minimum atomic E-state index is -0.687. The first-order chi connectivity index (χ1) is 11.1. The van der Waals surface area contributed by atoms with Crippen LogP contribution in [0.15, 0.2) is 21.7 Å². The van der Waals surface area contributed by atoms with E-state index in [9.17, 15) is 10.1 Å². The number of fused-ring (bicyclic) bond motifs is 1. The lowest BCUT2D eigenvalue weighted by Gasteiger charge is -2.03.